The van der Waals surface area contributed by atoms with Crippen LogP contribution in [0.15, 0.2) is 24.3 Å². The third kappa shape index (κ3) is 3.82. The lowest BCUT2D eigenvalue weighted by Crippen LogP contribution is -2.30. The van der Waals surface area contributed by atoms with Gasteiger partial charge in [-0.25, -0.2) is 0 Å². The smallest absolute Gasteiger partial charge is 0.223 e. The van der Waals surface area contributed by atoms with Gasteiger partial charge in [0.05, 0.1) is 6.07 Å². The van der Waals surface area contributed by atoms with E-state index in [2.05, 4.69) is 19.9 Å². The Bertz CT molecular complexity index is 457. The second kappa shape index (κ2) is 6.94. The largest absolute Gasteiger partial charge is 0.326 e. The molecule has 3 heteroatoms. The van der Waals surface area contributed by atoms with Crippen molar-refractivity contribution in [2.75, 3.05) is 7.05 Å². The molecule has 0 heterocycles. The average molecular weight is 258 g/mol. The fraction of sp³-hybridized carbons (Fsp3) is 0.500. The molecule has 0 aliphatic heterocycles. The first-order chi connectivity index (χ1) is 9.01. The number of hydrogen-bond acceptors (Lipinski definition) is 2. The molecular weight excluding hydrogens is 236 g/mol. The van der Waals surface area contributed by atoms with Crippen molar-refractivity contribution >= 4 is 5.91 Å². The monoisotopic (exact) mass is 258 g/mol. The molecule has 0 aliphatic carbocycles. The molecule has 0 bridgehead atoms. The van der Waals surface area contributed by atoms with Crippen molar-refractivity contribution in [3.05, 3.63) is 35.4 Å². The summed E-state index contributed by atoms with van der Waals surface area (Å²) in [5.74, 6) is 0.482. The van der Waals surface area contributed by atoms with Crippen LogP contribution >= 0.6 is 0 Å². The molecule has 3 nitrogen and oxygen atoms in total. The molecule has 0 fully saturated rings. The van der Waals surface area contributed by atoms with Crippen LogP contribution in [0.1, 0.15) is 56.7 Å². The summed E-state index contributed by atoms with van der Waals surface area (Å²) in [4.78, 5) is 13.4. The number of nitriles is 1. The maximum Gasteiger partial charge on any atom is 0.223 e. The van der Waals surface area contributed by atoms with E-state index >= 15 is 0 Å². The molecule has 0 spiro atoms. The van der Waals surface area contributed by atoms with Crippen LogP contribution in [-0.4, -0.2) is 17.9 Å². The average Bonchev–Trinajstić information content (AvgIpc) is 2.40. The van der Waals surface area contributed by atoms with Gasteiger partial charge in [-0.2, -0.15) is 5.26 Å². The molecule has 0 saturated carbocycles. The molecule has 0 N–H and O–H groups in total. The van der Waals surface area contributed by atoms with Gasteiger partial charge in [-0.05, 0) is 23.5 Å². The van der Waals surface area contributed by atoms with E-state index in [9.17, 15) is 10.1 Å². The summed E-state index contributed by atoms with van der Waals surface area (Å²) in [6.07, 6.45) is 1.28. The van der Waals surface area contributed by atoms with E-state index < -0.39 is 6.04 Å². The lowest BCUT2D eigenvalue weighted by atomic mass is 9.99. The first-order valence-electron chi connectivity index (χ1n) is 6.76. The quantitative estimate of drug-likeness (QED) is 0.809. The number of carbonyl (C=O) groups is 1. The third-order valence-electron chi connectivity index (χ3n) is 3.29. The van der Waals surface area contributed by atoms with Gasteiger partial charge in [0.15, 0.2) is 0 Å². The zero-order chi connectivity index (χ0) is 14.4. The Morgan fingerprint density at radius 3 is 2.21 bits per heavy atom. The van der Waals surface area contributed by atoms with Gasteiger partial charge >= 0.3 is 0 Å². The van der Waals surface area contributed by atoms with E-state index in [1.54, 1.807) is 7.05 Å². The van der Waals surface area contributed by atoms with Crippen LogP contribution in [0.3, 0.4) is 0 Å². The molecule has 102 valence electrons. The predicted octanol–water partition coefficient (Wildman–Crippen LogP) is 3.63. The number of rotatable bonds is 5. The van der Waals surface area contributed by atoms with E-state index in [1.807, 2.05) is 31.2 Å². The van der Waals surface area contributed by atoms with Gasteiger partial charge in [-0.3, -0.25) is 4.79 Å². The van der Waals surface area contributed by atoms with Crippen LogP contribution in [0.25, 0.3) is 0 Å². The highest BCUT2D eigenvalue weighted by molar-refractivity contribution is 5.76. The van der Waals surface area contributed by atoms with Crippen LogP contribution in [0.2, 0.25) is 0 Å². The minimum absolute atomic E-state index is 0.0157. The van der Waals surface area contributed by atoms with Crippen molar-refractivity contribution in [3.63, 3.8) is 0 Å². The first-order valence-corrected chi connectivity index (χ1v) is 6.76. The fourth-order valence-corrected chi connectivity index (χ4v) is 1.98. The van der Waals surface area contributed by atoms with Gasteiger partial charge in [0, 0.05) is 13.5 Å². The Hall–Kier alpha value is -1.82. The molecule has 1 aromatic rings. The standard InChI is InChI=1S/C16H22N2O/c1-5-6-16(19)18(4)15(11-17)14-9-7-13(8-10-14)12(2)3/h7-10,12,15H,5-6H2,1-4H3. The van der Waals surface area contributed by atoms with Crippen LogP contribution in [0.4, 0.5) is 0 Å². The van der Waals surface area contributed by atoms with Gasteiger partial charge in [0.25, 0.3) is 0 Å². The first kappa shape index (κ1) is 15.2. The SMILES string of the molecule is CCCC(=O)N(C)C(C#N)c1ccc(C(C)C)cc1. The minimum Gasteiger partial charge on any atom is -0.326 e. The zero-order valence-electron chi connectivity index (χ0n) is 12.2. The number of benzene rings is 1. The summed E-state index contributed by atoms with van der Waals surface area (Å²) in [5, 5.41) is 9.30. The van der Waals surface area contributed by atoms with Crippen molar-refractivity contribution in [2.24, 2.45) is 0 Å². The molecular formula is C16H22N2O. The van der Waals surface area contributed by atoms with Gasteiger partial charge in [0.1, 0.15) is 6.04 Å². The summed E-state index contributed by atoms with van der Waals surface area (Å²) < 4.78 is 0. The van der Waals surface area contributed by atoms with Gasteiger partial charge in [-0.1, -0.05) is 45.0 Å². The summed E-state index contributed by atoms with van der Waals surface area (Å²) in [6, 6.07) is 9.66. The summed E-state index contributed by atoms with van der Waals surface area (Å²) in [7, 11) is 1.70. The summed E-state index contributed by atoms with van der Waals surface area (Å²) in [5.41, 5.74) is 2.11. The molecule has 0 saturated heterocycles. The number of amides is 1. The summed E-state index contributed by atoms with van der Waals surface area (Å²) in [6.45, 7) is 6.23. The maximum absolute atomic E-state index is 11.9. The lowest BCUT2D eigenvalue weighted by Gasteiger charge is -2.23. The molecule has 1 aromatic carbocycles. The maximum atomic E-state index is 11.9. The molecule has 1 amide bonds. The molecule has 1 rings (SSSR count). The Morgan fingerprint density at radius 2 is 1.79 bits per heavy atom. The Morgan fingerprint density at radius 1 is 1.26 bits per heavy atom. The molecule has 0 aliphatic rings. The van der Waals surface area contributed by atoms with Crippen LogP contribution < -0.4 is 0 Å². The molecule has 0 aromatic heterocycles. The lowest BCUT2D eigenvalue weighted by molar-refractivity contribution is -0.131. The van der Waals surface area contributed by atoms with Gasteiger partial charge < -0.3 is 4.90 Å². The van der Waals surface area contributed by atoms with Crippen LogP contribution in [0.5, 0.6) is 0 Å². The van der Waals surface area contributed by atoms with E-state index in [0.717, 1.165) is 12.0 Å². The topological polar surface area (TPSA) is 44.1 Å². The highest BCUT2D eigenvalue weighted by atomic mass is 16.2. The molecule has 0 radical (unpaired) electrons. The van der Waals surface area contributed by atoms with Crippen LogP contribution in [-0.2, 0) is 4.79 Å². The van der Waals surface area contributed by atoms with E-state index in [4.69, 9.17) is 0 Å². The Kier molecular flexibility index (Phi) is 5.57. The van der Waals surface area contributed by atoms with Crippen LogP contribution in [0, 0.1) is 11.3 Å². The minimum atomic E-state index is -0.500. The van der Waals surface area contributed by atoms with Crippen molar-refractivity contribution in [1.82, 2.24) is 4.90 Å². The molecule has 1 unspecified atom stereocenters. The predicted molar refractivity (Wildman–Crippen MR) is 76.6 cm³/mol. The van der Waals surface area contributed by atoms with Crippen molar-refractivity contribution in [2.45, 2.75) is 45.6 Å². The van der Waals surface area contributed by atoms with E-state index in [0.29, 0.717) is 12.3 Å². The second-order valence-electron chi connectivity index (χ2n) is 5.11. The molecule has 1 atom stereocenters. The van der Waals surface area contributed by atoms with Gasteiger partial charge in [-0.15, -0.1) is 0 Å². The van der Waals surface area contributed by atoms with Gasteiger partial charge in [0.2, 0.25) is 5.91 Å². The van der Waals surface area contributed by atoms with E-state index in [-0.39, 0.29) is 5.91 Å². The zero-order valence-corrected chi connectivity index (χ0v) is 12.2. The normalized spacial score (nSPS) is 12.0. The van der Waals surface area contributed by atoms with E-state index in [1.165, 1.54) is 10.5 Å². The van der Waals surface area contributed by atoms with Crippen molar-refractivity contribution in [1.29, 1.82) is 5.26 Å². The molecule has 19 heavy (non-hydrogen) atoms. The Balaban J connectivity index is 2.91. The second-order valence-corrected chi connectivity index (χ2v) is 5.11. The highest BCUT2D eigenvalue weighted by Crippen LogP contribution is 2.22. The van der Waals surface area contributed by atoms with Crippen molar-refractivity contribution in [3.8, 4) is 6.07 Å². The Labute approximate surface area is 115 Å². The highest BCUT2D eigenvalue weighted by Gasteiger charge is 2.20. The number of nitrogens with zero attached hydrogens (tertiary/aromatic N) is 2. The number of hydrogen-bond donors (Lipinski definition) is 0. The number of carbonyl (C=O) groups excluding carboxylic acids is 1. The van der Waals surface area contributed by atoms with Crippen molar-refractivity contribution < 1.29 is 4.79 Å². The third-order valence-corrected chi connectivity index (χ3v) is 3.29. The summed E-state index contributed by atoms with van der Waals surface area (Å²) >= 11 is 0. The fourth-order valence-electron chi connectivity index (χ4n) is 1.98.